The number of carbonyl (C=O) groups excluding carboxylic acids is 3. The molecule has 4 heterocycles. The molecule has 254 valence electrons. The van der Waals surface area contributed by atoms with Crippen molar-refractivity contribution in [2.75, 3.05) is 51.6 Å². The summed E-state index contributed by atoms with van der Waals surface area (Å²) in [4.78, 5) is 46.8. The van der Waals surface area contributed by atoms with Crippen molar-refractivity contribution in [1.82, 2.24) is 14.7 Å². The normalized spacial score (nSPS) is 28.4. The van der Waals surface area contributed by atoms with Crippen molar-refractivity contribution in [3.8, 4) is 0 Å². The number of fused-ring (bicyclic) bond motifs is 1. The fourth-order valence-corrected chi connectivity index (χ4v) is 9.54. The van der Waals surface area contributed by atoms with E-state index in [-0.39, 0.29) is 36.1 Å². The average Bonchev–Trinajstić information content (AvgIpc) is 3.23. The number of rotatable bonds is 7. The number of carbonyl (C=O) groups is 3. The molecule has 9 nitrogen and oxygen atoms in total. The number of nitrogens with one attached hydrogen (secondary N) is 1. The molecule has 3 amide bonds. The van der Waals surface area contributed by atoms with Gasteiger partial charge in [-0.3, -0.25) is 9.38 Å². The van der Waals surface area contributed by atoms with E-state index >= 15 is 0 Å². The molecule has 2 aromatic rings. The van der Waals surface area contributed by atoms with Crippen molar-refractivity contribution in [3.05, 3.63) is 63.7 Å². The number of benzene rings is 2. The number of halogens is 1. The van der Waals surface area contributed by atoms with Gasteiger partial charge in [0.15, 0.2) is 5.66 Å². The molecule has 1 N–H and O–H groups in total. The van der Waals surface area contributed by atoms with Gasteiger partial charge in [-0.15, -0.1) is 0 Å². The van der Waals surface area contributed by atoms with Gasteiger partial charge >= 0.3 is 6.03 Å². The quantitative estimate of drug-likeness (QED) is 0.323. The first-order valence-electron chi connectivity index (χ1n) is 17.4. The summed E-state index contributed by atoms with van der Waals surface area (Å²) >= 11 is 6.53. The number of aryl methyl sites for hydroxylation is 2. The highest BCUT2D eigenvalue weighted by molar-refractivity contribution is 6.32. The van der Waals surface area contributed by atoms with Crippen LogP contribution in [0, 0.1) is 25.7 Å². The average molecular weight is 664 g/mol. The molecule has 3 saturated heterocycles. The number of hydrogen-bond donors (Lipinski definition) is 1. The highest BCUT2D eigenvalue weighted by Crippen LogP contribution is 2.47. The molecule has 6 rings (SSSR count). The van der Waals surface area contributed by atoms with Crippen LogP contribution < -0.4 is 10.4 Å². The Morgan fingerprint density at radius 2 is 1.66 bits per heavy atom. The summed E-state index contributed by atoms with van der Waals surface area (Å²) in [5, 5.41) is 17.5. The van der Waals surface area contributed by atoms with E-state index in [1.807, 2.05) is 55.1 Å². The molecule has 4 aliphatic heterocycles. The minimum atomic E-state index is -1.17. The number of carboxylic acid groups (broad SMARTS) is 1. The first-order chi connectivity index (χ1) is 22.6. The van der Waals surface area contributed by atoms with Crippen LogP contribution in [0.2, 0.25) is 5.02 Å². The maximum Gasteiger partial charge on any atom is 0.322 e. The first-order valence-corrected chi connectivity index (χ1v) is 17.8. The van der Waals surface area contributed by atoms with E-state index in [1.165, 1.54) is 12.8 Å². The van der Waals surface area contributed by atoms with Gasteiger partial charge in [-0.2, -0.15) is 0 Å². The second-order valence-corrected chi connectivity index (χ2v) is 15.0. The number of nitrogens with zero attached hydrogens (tertiary/aromatic N) is 4. The summed E-state index contributed by atoms with van der Waals surface area (Å²) in [6, 6.07) is 11.4. The van der Waals surface area contributed by atoms with Gasteiger partial charge < -0.3 is 29.8 Å². The Morgan fingerprint density at radius 1 is 1.02 bits per heavy atom. The number of hydrogen-bond acceptors (Lipinski definition) is 6. The van der Waals surface area contributed by atoms with Crippen LogP contribution in [0.25, 0.3) is 0 Å². The van der Waals surface area contributed by atoms with Crippen molar-refractivity contribution >= 4 is 35.7 Å². The van der Waals surface area contributed by atoms with Crippen LogP contribution in [0.3, 0.4) is 0 Å². The van der Waals surface area contributed by atoms with E-state index < -0.39 is 11.8 Å². The third kappa shape index (κ3) is 6.44. The SMILES string of the molecule is Cc1cc(C[N@+]2(C(=O)[O-])CCC(N3CCc4ccccc4NC3=O)CC2(CC=O)N2CCC(C3CCN(C)CC3)CC2)cc(C)c1Cl. The van der Waals surface area contributed by atoms with Gasteiger partial charge in [0, 0.05) is 54.8 Å². The molecule has 0 spiro atoms. The van der Waals surface area contributed by atoms with E-state index in [4.69, 9.17) is 11.6 Å². The number of aldehydes is 1. The van der Waals surface area contributed by atoms with Crippen LogP contribution in [-0.4, -0.2) is 95.6 Å². The zero-order valence-corrected chi connectivity index (χ0v) is 28.9. The zero-order valence-electron chi connectivity index (χ0n) is 28.2. The predicted molar refractivity (Wildman–Crippen MR) is 182 cm³/mol. The number of quaternary nitrogens is 1. The van der Waals surface area contributed by atoms with E-state index in [1.54, 1.807) is 0 Å². The molecule has 3 fully saturated rings. The van der Waals surface area contributed by atoms with Gasteiger partial charge in [-0.1, -0.05) is 29.8 Å². The molecule has 0 bridgehead atoms. The molecule has 3 atom stereocenters. The Bertz CT molecular complexity index is 1460. The Kier molecular flexibility index (Phi) is 10.0. The summed E-state index contributed by atoms with van der Waals surface area (Å²) in [5.41, 5.74) is 3.50. The van der Waals surface area contributed by atoms with Crippen LogP contribution in [0.1, 0.15) is 67.2 Å². The van der Waals surface area contributed by atoms with E-state index in [0.717, 1.165) is 73.2 Å². The van der Waals surface area contributed by atoms with Gasteiger partial charge in [0.05, 0.1) is 13.0 Å². The van der Waals surface area contributed by atoms with Crippen molar-refractivity contribution in [2.24, 2.45) is 11.8 Å². The summed E-state index contributed by atoms with van der Waals surface area (Å²) in [6.07, 6.45) is 5.72. The number of amides is 3. The Hall–Kier alpha value is -2.98. The molecule has 4 aliphatic rings. The molecule has 47 heavy (non-hydrogen) atoms. The van der Waals surface area contributed by atoms with Gasteiger partial charge in [0.25, 0.3) is 6.09 Å². The number of piperidine rings is 3. The van der Waals surface area contributed by atoms with Gasteiger partial charge in [0.1, 0.15) is 12.8 Å². The number of urea groups is 1. The minimum Gasteiger partial charge on any atom is -0.498 e. The van der Waals surface area contributed by atoms with Gasteiger partial charge in [0.2, 0.25) is 0 Å². The summed E-state index contributed by atoms with van der Waals surface area (Å²) in [7, 11) is 2.19. The van der Waals surface area contributed by atoms with Crippen LogP contribution in [0.4, 0.5) is 15.3 Å². The number of likely N-dealkylation sites (tertiary alicyclic amines) is 3. The van der Waals surface area contributed by atoms with Crippen molar-refractivity contribution in [1.29, 1.82) is 0 Å². The topological polar surface area (TPSA) is 96.0 Å². The molecular formula is C37H50ClN5O4. The first kappa shape index (κ1) is 33.9. The smallest absolute Gasteiger partial charge is 0.322 e. The molecule has 10 heteroatoms. The largest absolute Gasteiger partial charge is 0.498 e. The van der Waals surface area contributed by atoms with E-state index in [2.05, 4.69) is 22.2 Å². The second-order valence-electron chi connectivity index (χ2n) is 14.7. The maximum atomic E-state index is 13.7. The number of anilines is 1. The Balaban J connectivity index is 1.36. The highest BCUT2D eigenvalue weighted by atomic mass is 35.5. The predicted octanol–water partition coefficient (Wildman–Crippen LogP) is 5.21. The zero-order chi connectivity index (χ0) is 33.3. The lowest BCUT2D eigenvalue weighted by molar-refractivity contribution is -0.956. The Morgan fingerprint density at radius 3 is 2.30 bits per heavy atom. The summed E-state index contributed by atoms with van der Waals surface area (Å²) < 4.78 is -0.364. The third-order valence-corrected chi connectivity index (χ3v) is 12.6. The minimum absolute atomic E-state index is 0.0532. The maximum absolute atomic E-state index is 13.7. The lowest BCUT2D eigenvalue weighted by Crippen LogP contribution is -2.80. The van der Waals surface area contributed by atoms with Crippen LogP contribution in [0.15, 0.2) is 36.4 Å². The fraction of sp³-hybridized carbons (Fsp3) is 0.595. The van der Waals surface area contributed by atoms with E-state index in [9.17, 15) is 19.5 Å². The molecule has 0 aromatic heterocycles. The molecule has 2 unspecified atom stereocenters. The standard InChI is InChI=1S/C37H50ClN5O4/c1-26-22-28(23-27(2)34(26)38)25-43(36(46)47)20-13-32(42-19-12-31-6-4-5-7-33(31)39-35(42)45)24-37(43,14-21-44)41-17-10-30(11-18-41)29-8-15-40(3)16-9-29/h4-7,21-23,29-30,32H,8-20,24-25H2,1-3H3,(H-,39,45,46,47)/t32?,37?,43-/m0/s1. The van der Waals surface area contributed by atoms with E-state index in [0.29, 0.717) is 42.7 Å². The van der Waals surface area contributed by atoms with Crippen LogP contribution in [-0.2, 0) is 17.8 Å². The molecule has 2 aromatic carbocycles. The van der Waals surface area contributed by atoms with Crippen molar-refractivity contribution < 1.29 is 24.0 Å². The molecule has 0 aliphatic carbocycles. The molecule has 0 saturated carbocycles. The lowest BCUT2D eigenvalue weighted by atomic mass is 9.76. The fourth-order valence-electron chi connectivity index (χ4n) is 9.43. The lowest BCUT2D eigenvalue weighted by Gasteiger charge is -2.62. The summed E-state index contributed by atoms with van der Waals surface area (Å²) in [6.45, 7) is 8.54. The van der Waals surface area contributed by atoms with Crippen molar-refractivity contribution in [2.45, 2.75) is 83.5 Å². The Labute approximate surface area is 284 Å². The number of para-hydroxylation sites is 1. The summed E-state index contributed by atoms with van der Waals surface area (Å²) in [5.74, 6) is 1.27. The second kappa shape index (κ2) is 13.9. The van der Waals surface area contributed by atoms with Crippen LogP contribution >= 0.6 is 11.6 Å². The highest BCUT2D eigenvalue weighted by Gasteiger charge is 2.61. The molecular weight excluding hydrogens is 614 g/mol. The monoisotopic (exact) mass is 663 g/mol. The molecule has 0 radical (unpaired) electrons. The van der Waals surface area contributed by atoms with Gasteiger partial charge in [-0.25, -0.2) is 4.79 Å². The van der Waals surface area contributed by atoms with Crippen molar-refractivity contribution in [3.63, 3.8) is 0 Å². The van der Waals surface area contributed by atoms with Gasteiger partial charge in [-0.05, 0) is 113 Å². The van der Waals surface area contributed by atoms with Crippen LogP contribution in [0.5, 0.6) is 0 Å². The third-order valence-electron chi connectivity index (χ3n) is 12.1.